The number of hydrogen-bond acceptors (Lipinski definition) is 0. The zero-order valence-corrected chi connectivity index (χ0v) is 15.3. The Morgan fingerprint density at radius 1 is 0.650 bits per heavy atom. The van der Waals surface area contributed by atoms with Gasteiger partial charge in [-0.1, -0.05) is 92.0 Å². The Kier molecular flexibility index (Phi) is 18.0. The van der Waals surface area contributed by atoms with Crippen LogP contribution in [-0.2, 0) is 0 Å². The molecule has 0 nitrogen and oxygen atoms in total. The van der Waals surface area contributed by atoms with Gasteiger partial charge in [-0.3, -0.25) is 0 Å². The molecule has 120 valence electrons. The van der Waals surface area contributed by atoms with Gasteiger partial charge in [0.2, 0.25) is 0 Å². The summed E-state index contributed by atoms with van der Waals surface area (Å²) in [5.41, 5.74) is 0. The van der Waals surface area contributed by atoms with E-state index in [0.29, 0.717) is 5.92 Å². The van der Waals surface area contributed by atoms with Crippen molar-refractivity contribution in [1.82, 2.24) is 0 Å². The Morgan fingerprint density at radius 3 is 1.60 bits per heavy atom. The second-order valence-corrected chi connectivity index (χ2v) is 6.46. The van der Waals surface area contributed by atoms with Crippen LogP contribution >= 0.6 is 0 Å². The van der Waals surface area contributed by atoms with Gasteiger partial charge in [0, 0.05) is 0 Å². The van der Waals surface area contributed by atoms with Gasteiger partial charge in [-0.05, 0) is 37.0 Å². The monoisotopic (exact) mass is 280 g/mol. The summed E-state index contributed by atoms with van der Waals surface area (Å²) in [5.74, 6) is 2.21. The molecule has 0 saturated carbocycles. The molecule has 0 rings (SSSR count). The average molecular weight is 281 g/mol. The molecule has 0 bridgehead atoms. The molecule has 0 fully saturated rings. The highest BCUT2D eigenvalue weighted by molar-refractivity contribution is 4.94. The van der Waals surface area contributed by atoms with E-state index < -0.39 is 0 Å². The molecule has 2 atom stereocenters. The first-order chi connectivity index (χ1) is 9.47. The van der Waals surface area contributed by atoms with Crippen LogP contribution in [0.5, 0.6) is 0 Å². The van der Waals surface area contributed by atoms with E-state index in [4.69, 9.17) is 0 Å². The zero-order chi connectivity index (χ0) is 15.8. The Hall–Kier alpha value is -0.520. The number of rotatable bonds is 9. The predicted octanol–water partition coefficient (Wildman–Crippen LogP) is 7.41. The third-order valence-corrected chi connectivity index (χ3v) is 3.29. The molecule has 0 saturated heterocycles. The van der Waals surface area contributed by atoms with Crippen LogP contribution in [0.2, 0.25) is 0 Å². The number of hydrogen-bond donors (Lipinski definition) is 0. The topological polar surface area (TPSA) is 0 Å². The largest absolute Gasteiger partial charge is 0.0880 e. The summed E-state index contributed by atoms with van der Waals surface area (Å²) in [5, 5.41) is 0. The molecule has 0 spiro atoms. The first-order valence-corrected chi connectivity index (χ1v) is 8.81. The summed E-state index contributed by atoms with van der Waals surface area (Å²) in [7, 11) is 0. The van der Waals surface area contributed by atoms with Crippen LogP contribution in [0.3, 0.4) is 0 Å². The first-order valence-electron chi connectivity index (χ1n) is 8.81. The lowest BCUT2D eigenvalue weighted by molar-refractivity contribution is 0.627. The van der Waals surface area contributed by atoms with Crippen molar-refractivity contribution in [3.8, 4) is 0 Å². The Balaban J connectivity index is 0. The molecule has 0 heteroatoms. The van der Waals surface area contributed by atoms with Crippen molar-refractivity contribution in [1.29, 1.82) is 0 Å². The second kappa shape index (κ2) is 16.5. The van der Waals surface area contributed by atoms with Gasteiger partial charge in [0.05, 0.1) is 0 Å². The maximum atomic E-state index is 2.37. The van der Waals surface area contributed by atoms with E-state index in [1.165, 1.54) is 38.5 Å². The summed E-state index contributed by atoms with van der Waals surface area (Å²) < 4.78 is 0. The van der Waals surface area contributed by atoms with Gasteiger partial charge in [-0.25, -0.2) is 0 Å². The first kappa shape index (κ1) is 21.8. The summed E-state index contributed by atoms with van der Waals surface area (Å²) in [6.45, 7) is 15.7. The SMILES string of the molecule is CCCC.CCCC(C)/C=C/CC(C)/C=C/CC(C)C. The van der Waals surface area contributed by atoms with Crippen molar-refractivity contribution in [2.24, 2.45) is 17.8 Å². The van der Waals surface area contributed by atoms with E-state index in [9.17, 15) is 0 Å². The number of unbranched alkanes of at least 4 members (excludes halogenated alkanes) is 1. The summed E-state index contributed by atoms with van der Waals surface area (Å²) >= 11 is 0. The second-order valence-electron chi connectivity index (χ2n) is 6.46. The van der Waals surface area contributed by atoms with Crippen molar-refractivity contribution in [2.45, 2.75) is 87.0 Å². The maximum absolute atomic E-state index is 2.37. The van der Waals surface area contributed by atoms with Crippen molar-refractivity contribution in [3.63, 3.8) is 0 Å². The van der Waals surface area contributed by atoms with Crippen LogP contribution in [0.4, 0.5) is 0 Å². The van der Waals surface area contributed by atoms with Crippen LogP contribution < -0.4 is 0 Å². The highest BCUT2D eigenvalue weighted by Crippen LogP contribution is 2.11. The smallest absolute Gasteiger partial charge is 0.0227 e. The summed E-state index contributed by atoms with van der Waals surface area (Å²) in [6, 6.07) is 0. The fraction of sp³-hybridized carbons (Fsp3) is 0.800. The Bertz CT molecular complexity index is 220. The van der Waals surface area contributed by atoms with Crippen molar-refractivity contribution >= 4 is 0 Å². The molecule has 0 amide bonds. The lowest BCUT2D eigenvalue weighted by atomic mass is 10.0. The quantitative estimate of drug-likeness (QED) is 0.386. The molecule has 0 N–H and O–H groups in total. The van der Waals surface area contributed by atoms with Gasteiger partial charge in [0.25, 0.3) is 0 Å². The summed E-state index contributed by atoms with van der Waals surface area (Å²) in [6.07, 6.45) is 17.0. The molecule has 0 heterocycles. The third-order valence-electron chi connectivity index (χ3n) is 3.29. The molecule has 2 unspecified atom stereocenters. The van der Waals surface area contributed by atoms with Crippen LogP contribution in [0.25, 0.3) is 0 Å². The molecule has 0 aromatic heterocycles. The van der Waals surface area contributed by atoms with Crippen LogP contribution in [0.1, 0.15) is 87.0 Å². The minimum atomic E-state index is 0.684. The average Bonchev–Trinajstić information content (AvgIpc) is 2.39. The normalized spacial score (nSPS) is 14.6. The fourth-order valence-electron chi connectivity index (χ4n) is 1.74. The van der Waals surface area contributed by atoms with Gasteiger partial charge < -0.3 is 0 Å². The van der Waals surface area contributed by atoms with Gasteiger partial charge in [0.15, 0.2) is 0 Å². The summed E-state index contributed by atoms with van der Waals surface area (Å²) in [4.78, 5) is 0. The van der Waals surface area contributed by atoms with E-state index >= 15 is 0 Å². The van der Waals surface area contributed by atoms with Crippen LogP contribution in [0.15, 0.2) is 24.3 Å². The Morgan fingerprint density at radius 2 is 1.15 bits per heavy atom. The fourth-order valence-corrected chi connectivity index (χ4v) is 1.74. The van der Waals surface area contributed by atoms with Crippen molar-refractivity contribution < 1.29 is 0 Å². The lowest BCUT2D eigenvalue weighted by Crippen LogP contribution is -1.90. The van der Waals surface area contributed by atoms with Crippen LogP contribution in [0, 0.1) is 17.8 Å². The third kappa shape index (κ3) is 19.8. The molecule has 0 radical (unpaired) electrons. The van der Waals surface area contributed by atoms with Gasteiger partial charge in [-0.15, -0.1) is 0 Å². The van der Waals surface area contributed by atoms with E-state index in [1.54, 1.807) is 0 Å². The van der Waals surface area contributed by atoms with E-state index in [2.05, 4.69) is 72.8 Å². The lowest BCUT2D eigenvalue weighted by Gasteiger charge is -2.05. The van der Waals surface area contributed by atoms with E-state index in [0.717, 1.165) is 11.8 Å². The molecular formula is C20H40. The minimum Gasteiger partial charge on any atom is -0.0880 e. The highest BCUT2D eigenvalue weighted by Gasteiger charge is 1.96. The molecule has 0 aliphatic rings. The van der Waals surface area contributed by atoms with Gasteiger partial charge >= 0.3 is 0 Å². The van der Waals surface area contributed by atoms with Crippen LogP contribution in [-0.4, -0.2) is 0 Å². The van der Waals surface area contributed by atoms with Crippen molar-refractivity contribution in [3.05, 3.63) is 24.3 Å². The Labute approximate surface area is 129 Å². The maximum Gasteiger partial charge on any atom is -0.0227 e. The molecule has 20 heavy (non-hydrogen) atoms. The van der Waals surface area contributed by atoms with Crippen molar-refractivity contribution in [2.75, 3.05) is 0 Å². The van der Waals surface area contributed by atoms with E-state index in [-0.39, 0.29) is 0 Å². The molecule has 0 aromatic carbocycles. The zero-order valence-electron chi connectivity index (χ0n) is 15.3. The highest BCUT2D eigenvalue weighted by atomic mass is 14.0. The number of allylic oxidation sites excluding steroid dienone is 4. The molecule has 0 aromatic rings. The standard InChI is InChI=1S/C16H30.C4H10/c1-6-9-15(4)12-8-13-16(5)11-7-10-14(2)3;1-3-4-2/h7-8,11-12,14-16H,6,9-10,13H2,1-5H3;3-4H2,1-2H3/b11-7+,12-8+;. The molecular weight excluding hydrogens is 240 g/mol. The van der Waals surface area contributed by atoms with Gasteiger partial charge in [0.1, 0.15) is 0 Å². The predicted molar refractivity (Wildman–Crippen MR) is 96.2 cm³/mol. The van der Waals surface area contributed by atoms with Gasteiger partial charge in [-0.2, -0.15) is 0 Å². The molecule has 0 aliphatic heterocycles. The minimum absolute atomic E-state index is 0.684. The van der Waals surface area contributed by atoms with E-state index in [1.807, 2.05) is 0 Å². The molecule has 0 aliphatic carbocycles.